The third-order valence-corrected chi connectivity index (χ3v) is 2.32. The first-order chi connectivity index (χ1) is 6.86. The monoisotopic (exact) mass is 194 g/mol. The van der Waals surface area contributed by atoms with Gasteiger partial charge in [-0.25, -0.2) is 0 Å². The van der Waals surface area contributed by atoms with Crippen LogP contribution in [0.1, 0.15) is 5.56 Å². The fourth-order valence-corrected chi connectivity index (χ4v) is 1.58. The minimum atomic E-state index is 0.0806. The smallest absolute Gasteiger partial charge is 0.118 e. The highest BCUT2D eigenvalue weighted by Gasteiger charge is 2.15. The second-order valence-corrected chi connectivity index (χ2v) is 3.40. The molecule has 0 bridgehead atoms. The van der Waals surface area contributed by atoms with Crippen LogP contribution >= 0.6 is 0 Å². The van der Waals surface area contributed by atoms with Crippen molar-refractivity contribution in [1.82, 2.24) is 0 Å². The molecule has 1 N–H and O–H groups in total. The molecule has 14 heavy (non-hydrogen) atoms. The van der Waals surface area contributed by atoms with Crippen LogP contribution in [0.25, 0.3) is 0 Å². The van der Waals surface area contributed by atoms with E-state index in [0.717, 1.165) is 5.56 Å². The number of benzene rings is 1. The Morgan fingerprint density at radius 3 is 2.86 bits per heavy atom. The Hall–Kier alpha value is -1.06. The van der Waals surface area contributed by atoms with Crippen molar-refractivity contribution in [3.63, 3.8) is 0 Å². The van der Waals surface area contributed by atoms with Crippen LogP contribution < -0.4 is 0 Å². The van der Waals surface area contributed by atoms with E-state index < -0.39 is 0 Å². The first-order valence-electron chi connectivity index (χ1n) is 4.82. The third-order valence-electron chi connectivity index (χ3n) is 2.32. The molecular weight excluding hydrogens is 180 g/mol. The van der Waals surface area contributed by atoms with Gasteiger partial charge in [-0.3, -0.25) is 0 Å². The molecule has 0 radical (unpaired) electrons. The number of aromatic hydroxyl groups is 1. The zero-order valence-corrected chi connectivity index (χ0v) is 7.98. The summed E-state index contributed by atoms with van der Waals surface area (Å²) >= 11 is 0. The lowest BCUT2D eigenvalue weighted by atomic mass is 10.1. The second-order valence-electron chi connectivity index (χ2n) is 3.40. The maximum Gasteiger partial charge on any atom is 0.118 e. The number of phenols is 1. The number of hydrogen-bond donors (Lipinski definition) is 1. The van der Waals surface area contributed by atoms with Gasteiger partial charge in [0, 0.05) is 6.42 Å². The number of hydrogen-bond acceptors (Lipinski definition) is 3. The molecule has 3 heteroatoms. The lowest BCUT2D eigenvalue weighted by Gasteiger charge is -2.23. The van der Waals surface area contributed by atoms with E-state index in [1.54, 1.807) is 6.07 Å². The molecule has 76 valence electrons. The summed E-state index contributed by atoms with van der Waals surface area (Å²) in [6, 6.07) is 7.34. The minimum Gasteiger partial charge on any atom is -0.508 e. The lowest BCUT2D eigenvalue weighted by Crippen LogP contribution is -2.30. The molecule has 1 fully saturated rings. The number of para-hydroxylation sites is 1. The summed E-state index contributed by atoms with van der Waals surface area (Å²) in [7, 11) is 0. The van der Waals surface area contributed by atoms with E-state index in [0.29, 0.717) is 32.0 Å². The molecule has 1 unspecified atom stereocenters. The van der Waals surface area contributed by atoms with Crippen molar-refractivity contribution in [2.75, 3.05) is 19.8 Å². The average molecular weight is 194 g/mol. The number of rotatable bonds is 2. The van der Waals surface area contributed by atoms with Gasteiger partial charge in [0.05, 0.1) is 25.9 Å². The fourth-order valence-electron chi connectivity index (χ4n) is 1.58. The van der Waals surface area contributed by atoms with E-state index in [-0.39, 0.29) is 6.10 Å². The summed E-state index contributed by atoms with van der Waals surface area (Å²) in [5.41, 5.74) is 0.919. The highest BCUT2D eigenvalue weighted by Crippen LogP contribution is 2.19. The SMILES string of the molecule is Oc1ccccc1CC1COCCO1. The molecule has 1 heterocycles. The van der Waals surface area contributed by atoms with Gasteiger partial charge in [0.2, 0.25) is 0 Å². The van der Waals surface area contributed by atoms with E-state index in [4.69, 9.17) is 9.47 Å². The van der Waals surface area contributed by atoms with Gasteiger partial charge >= 0.3 is 0 Å². The predicted molar refractivity (Wildman–Crippen MR) is 52.4 cm³/mol. The maximum atomic E-state index is 9.54. The molecule has 3 nitrogen and oxygen atoms in total. The Labute approximate surface area is 83.3 Å². The van der Waals surface area contributed by atoms with Gasteiger partial charge < -0.3 is 14.6 Å². The van der Waals surface area contributed by atoms with Gasteiger partial charge in [0.1, 0.15) is 5.75 Å². The van der Waals surface area contributed by atoms with Crippen molar-refractivity contribution in [1.29, 1.82) is 0 Å². The molecule has 1 aliphatic rings. The Bertz CT molecular complexity index is 292. The van der Waals surface area contributed by atoms with Crippen molar-refractivity contribution in [3.05, 3.63) is 29.8 Å². The summed E-state index contributed by atoms with van der Waals surface area (Å²) in [4.78, 5) is 0. The molecule has 1 saturated heterocycles. The van der Waals surface area contributed by atoms with Gasteiger partial charge in [0.15, 0.2) is 0 Å². The normalized spacial score (nSPS) is 22.1. The molecule has 0 aromatic heterocycles. The third kappa shape index (κ3) is 2.25. The standard InChI is InChI=1S/C11H14O3/c12-11-4-2-1-3-9(11)7-10-8-13-5-6-14-10/h1-4,10,12H,5-8H2. The molecule has 1 aromatic rings. The van der Waals surface area contributed by atoms with E-state index in [1.807, 2.05) is 18.2 Å². The van der Waals surface area contributed by atoms with Crippen LogP contribution in [-0.4, -0.2) is 31.0 Å². The Kier molecular flexibility index (Phi) is 3.01. The molecule has 1 atom stereocenters. The van der Waals surface area contributed by atoms with E-state index in [1.165, 1.54) is 0 Å². The van der Waals surface area contributed by atoms with Gasteiger partial charge in [-0.2, -0.15) is 0 Å². The van der Waals surface area contributed by atoms with Gasteiger partial charge in [-0.15, -0.1) is 0 Å². The summed E-state index contributed by atoms with van der Waals surface area (Å²) in [6.45, 7) is 1.95. The summed E-state index contributed by atoms with van der Waals surface area (Å²) < 4.78 is 10.8. The molecule has 1 aromatic carbocycles. The molecule has 2 rings (SSSR count). The zero-order chi connectivity index (χ0) is 9.80. The maximum absolute atomic E-state index is 9.54. The largest absolute Gasteiger partial charge is 0.508 e. The molecule has 0 aliphatic carbocycles. The van der Waals surface area contributed by atoms with Crippen LogP contribution in [0.2, 0.25) is 0 Å². The summed E-state index contributed by atoms with van der Waals surface area (Å²) in [5.74, 6) is 0.335. The van der Waals surface area contributed by atoms with Crippen LogP contribution in [0.3, 0.4) is 0 Å². The van der Waals surface area contributed by atoms with Crippen molar-refractivity contribution in [2.24, 2.45) is 0 Å². The molecular formula is C11H14O3. The van der Waals surface area contributed by atoms with E-state index in [9.17, 15) is 5.11 Å². The van der Waals surface area contributed by atoms with Crippen molar-refractivity contribution >= 4 is 0 Å². The minimum absolute atomic E-state index is 0.0806. The van der Waals surface area contributed by atoms with Crippen molar-refractivity contribution in [2.45, 2.75) is 12.5 Å². The number of phenolic OH excluding ortho intramolecular Hbond substituents is 1. The lowest BCUT2D eigenvalue weighted by molar-refractivity contribution is -0.0873. The van der Waals surface area contributed by atoms with E-state index >= 15 is 0 Å². The summed E-state index contributed by atoms with van der Waals surface area (Å²) in [5, 5.41) is 9.54. The molecule has 1 aliphatic heterocycles. The van der Waals surface area contributed by atoms with Crippen LogP contribution in [-0.2, 0) is 15.9 Å². The predicted octanol–water partition coefficient (Wildman–Crippen LogP) is 1.35. The van der Waals surface area contributed by atoms with Gasteiger partial charge in [-0.1, -0.05) is 18.2 Å². The highest BCUT2D eigenvalue weighted by molar-refractivity contribution is 5.32. The first kappa shape index (κ1) is 9.49. The van der Waals surface area contributed by atoms with Gasteiger partial charge in [0.25, 0.3) is 0 Å². The van der Waals surface area contributed by atoms with E-state index in [2.05, 4.69) is 0 Å². The highest BCUT2D eigenvalue weighted by atomic mass is 16.6. The Morgan fingerprint density at radius 1 is 1.29 bits per heavy atom. The first-order valence-corrected chi connectivity index (χ1v) is 4.82. The molecule has 0 saturated carbocycles. The van der Waals surface area contributed by atoms with Crippen LogP contribution in [0.15, 0.2) is 24.3 Å². The Balaban J connectivity index is 1.99. The fraction of sp³-hybridized carbons (Fsp3) is 0.455. The average Bonchev–Trinajstić information content (AvgIpc) is 2.23. The molecule has 0 amide bonds. The van der Waals surface area contributed by atoms with Crippen LogP contribution in [0.4, 0.5) is 0 Å². The summed E-state index contributed by atoms with van der Waals surface area (Å²) in [6.07, 6.45) is 0.796. The zero-order valence-electron chi connectivity index (χ0n) is 7.98. The quantitative estimate of drug-likeness (QED) is 0.772. The second kappa shape index (κ2) is 4.44. The van der Waals surface area contributed by atoms with Crippen molar-refractivity contribution in [3.8, 4) is 5.75 Å². The molecule has 0 spiro atoms. The van der Waals surface area contributed by atoms with Gasteiger partial charge in [-0.05, 0) is 11.6 Å². The van der Waals surface area contributed by atoms with Crippen LogP contribution in [0.5, 0.6) is 5.75 Å². The Morgan fingerprint density at radius 2 is 2.14 bits per heavy atom. The topological polar surface area (TPSA) is 38.7 Å². The van der Waals surface area contributed by atoms with Crippen molar-refractivity contribution < 1.29 is 14.6 Å². The van der Waals surface area contributed by atoms with Crippen LogP contribution in [0, 0.1) is 0 Å². The number of ether oxygens (including phenoxy) is 2.